The number of hydrogen-bond donors (Lipinski definition) is 1. The second kappa shape index (κ2) is 8.63. The molecule has 2 N–H and O–H groups in total. The van der Waals surface area contributed by atoms with Gasteiger partial charge in [-0.15, -0.1) is 0 Å². The quantitative estimate of drug-likeness (QED) is 0.775. The van der Waals surface area contributed by atoms with E-state index in [4.69, 9.17) is 5.73 Å². The van der Waals surface area contributed by atoms with Crippen LogP contribution < -0.4 is 5.73 Å². The fourth-order valence-electron chi connectivity index (χ4n) is 2.83. The van der Waals surface area contributed by atoms with E-state index in [1.807, 2.05) is 4.90 Å². The van der Waals surface area contributed by atoms with Gasteiger partial charge in [-0.3, -0.25) is 9.69 Å². The summed E-state index contributed by atoms with van der Waals surface area (Å²) in [5.74, 6) is 2.00. The van der Waals surface area contributed by atoms with Crippen LogP contribution in [0.1, 0.15) is 40.5 Å². The van der Waals surface area contributed by atoms with Crippen LogP contribution in [0.2, 0.25) is 0 Å². The van der Waals surface area contributed by atoms with Crippen molar-refractivity contribution in [3.8, 4) is 0 Å². The van der Waals surface area contributed by atoms with Gasteiger partial charge in [-0.25, -0.2) is 0 Å². The highest BCUT2D eigenvalue weighted by Crippen LogP contribution is 2.16. The molecule has 1 aliphatic heterocycles. The minimum absolute atomic E-state index is 0.290. The molecule has 4 nitrogen and oxygen atoms in total. The maximum absolute atomic E-state index is 12.5. The number of piperidine rings is 1. The standard InChI is InChI=1S/C16H33N3O/c1-13(2)10-19(11-14(3)4)16(20)12-18-7-5-15(9-17)6-8-18/h13-15H,5-12,17H2,1-4H3. The van der Waals surface area contributed by atoms with Crippen LogP contribution in [0.3, 0.4) is 0 Å². The first kappa shape index (κ1) is 17.4. The average Bonchev–Trinajstić information content (AvgIpc) is 2.37. The van der Waals surface area contributed by atoms with Crippen molar-refractivity contribution in [1.82, 2.24) is 9.80 Å². The highest BCUT2D eigenvalue weighted by Gasteiger charge is 2.23. The zero-order chi connectivity index (χ0) is 15.1. The topological polar surface area (TPSA) is 49.6 Å². The molecule has 1 fully saturated rings. The van der Waals surface area contributed by atoms with Crippen LogP contribution in [-0.2, 0) is 4.79 Å². The molecule has 0 aliphatic carbocycles. The third-order valence-electron chi connectivity index (χ3n) is 3.92. The Morgan fingerprint density at radius 1 is 1.15 bits per heavy atom. The number of nitrogens with zero attached hydrogens (tertiary/aromatic N) is 2. The molecule has 1 aliphatic rings. The molecule has 118 valence electrons. The number of nitrogens with two attached hydrogens (primary N) is 1. The van der Waals surface area contributed by atoms with Gasteiger partial charge in [0.05, 0.1) is 6.54 Å². The molecular formula is C16H33N3O. The summed E-state index contributed by atoms with van der Waals surface area (Å²) in [5.41, 5.74) is 5.71. The Kier molecular flexibility index (Phi) is 7.52. The Morgan fingerprint density at radius 2 is 1.65 bits per heavy atom. The number of carbonyl (C=O) groups excluding carboxylic acids is 1. The summed E-state index contributed by atoms with van der Waals surface area (Å²) in [5, 5.41) is 0. The predicted molar refractivity (Wildman–Crippen MR) is 84.5 cm³/mol. The lowest BCUT2D eigenvalue weighted by molar-refractivity contribution is -0.133. The molecule has 4 heteroatoms. The van der Waals surface area contributed by atoms with Crippen molar-refractivity contribution in [3.05, 3.63) is 0 Å². The van der Waals surface area contributed by atoms with Gasteiger partial charge in [0.15, 0.2) is 0 Å². The summed E-state index contributed by atoms with van der Waals surface area (Å²) in [4.78, 5) is 16.8. The molecule has 1 heterocycles. The Balaban J connectivity index is 2.45. The lowest BCUT2D eigenvalue weighted by Crippen LogP contribution is -2.46. The van der Waals surface area contributed by atoms with Crippen LogP contribution in [0.25, 0.3) is 0 Å². The first-order valence-electron chi connectivity index (χ1n) is 8.12. The van der Waals surface area contributed by atoms with Gasteiger partial charge in [-0.1, -0.05) is 27.7 Å². The summed E-state index contributed by atoms with van der Waals surface area (Å²) in [7, 11) is 0. The van der Waals surface area contributed by atoms with E-state index >= 15 is 0 Å². The fraction of sp³-hybridized carbons (Fsp3) is 0.938. The molecule has 20 heavy (non-hydrogen) atoms. The molecule has 0 bridgehead atoms. The number of amides is 1. The summed E-state index contributed by atoms with van der Waals surface area (Å²) >= 11 is 0. The van der Waals surface area contributed by atoms with Crippen molar-refractivity contribution in [2.75, 3.05) is 39.3 Å². The van der Waals surface area contributed by atoms with Crippen LogP contribution in [0.15, 0.2) is 0 Å². The highest BCUT2D eigenvalue weighted by molar-refractivity contribution is 5.78. The Morgan fingerprint density at radius 3 is 2.05 bits per heavy atom. The molecule has 0 aromatic carbocycles. The Labute approximate surface area is 124 Å². The van der Waals surface area contributed by atoms with E-state index in [-0.39, 0.29) is 0 Å². The third kappa shape index (κ3) is 6.23. The van der Waals surface area contributed by atoms with Crippen molar-refractivity contribution in [1.29, 1.82) is 0 Å². The lowest BCUT2D eigenvalue weighted by Gasteiger charge is -2.33. The first-order valence-corrected chi connectivity index (χ1v) is 8.12. The Hall–Kier alpha value is -0.610. The van der Waals surface area contributed by atoms with E-state index in [9.17, 15) is 4.79 Å². The number of rotatable bonds is 7. The Bertz CT molecular complexity index is 273. The minimum atomic E-state index is 0.290. The normalized spacial score (nSPS) is 17.9. The van der Waals surface area contributed by atoms with E-state index in [2.05, 4.69) is 32.6 Å². The molecule has 1 rings (SSSR count). The summed E-state index contributed by atoms with van der Waals surface area (Å²) in [6.07, 6.45) is 2.27. The molecule has 0 aromatic rings. The van der Waals surface area contributed by atoms with Gasteiger partial charge in [0, 0.05) is 13.1 Å². The van der Waals surface area contributed by atoms with E-state index < -0.39 is 0 Å². The van der Waals surface area contributed by atoms with Gasteiger partial charge < -0.3 is 10.6 Å². The molecular weight excluding hydrogens is 250 g/mol. The minimum Gasteiger partial charge on any atom is -0.341 e. The van der Waals surface area contributed by atoms with Gasteiger partial charge in [0.25, 0.3) is 0 Å². The third-order valence-corrected chi connectivity index (χ3v) is 3.92. The van der Waals surface area contributed by atoms with Gasteiger partial charge in [-0.2, -0.15) is 0 Å². The van der Waals surface area contributed by atoms with Crippen LogP contribution in [0.4, 0.5) is 0 Å². The number of carbonyl (C=O) groups is 1. The predicted octanol–water partition coefficient (Wildman–Crippen LogP) is 1.80. The van der Waals surface area contributed by atoms with Crippen LogP contribution in [0, 0.1) is 17.8 Å². The van der Waals surface area contributed by atoms with Gasteiger partial charge in [-0.05, 0) is 50.2 Å². The lowest BCUT2D eigenvalue weighted by atomic mass is 9.97. The fourth-order valence-corrected chi connectivity index (χ4v) is 2.83. The monoisotopic (exact) mass is 283 g/mol. The molecule has 0 aromatic heterocycles. The largest absolute Gasteiger partial charge is 0.341 e. The van der Waals surface area contributed by atoms with E-state index in [0.717, 1.165) is 45.6 Å². The second-order valence-electron chi connectivity index (χ2n) is 7.04. The molecule has 1 amide bonds. The maximum Gasteiger partial charge on any atom is 0.236 e. The van der Waals surface area contributed by atoms with E-state index in [1.54, 1.807) is 0 Å². The van der Waals surface area contributed by atoms with Crippen molar-refractivity contribution in [2.45, 2.75) is 40.5 Å². The van der Waals surface area contributed by atoms with Crippen molar-refractivity contribution >= 4 is 5.91 Å². The molecule has 0 atom stereocenters. The van der Waals surface area contributed by atoms with Gasteiger partial charge in [0.2, 0.25) is 5.91 Å². The zero-order valence-electron chi connectivity index (χ0n) is 13.8. The average molecular weight is 283 g/mol. The second-order valence-corrected chi connectivity index (χ2v) is 7.04. The van der Waals surface area contributed by atoms with Crippen LogP contribution in [0.5, 0.6) is 0 Å². The van der Waals surface area contributed by atoms with Crippen molar-refractivity contribution < 1.29 is 4.79 Å². The van der Waals surface area contributed by atoms with Crippen LogP contribution >= 0.6 is 0 Å². The van der Waals surface area contributed by atoms with Crippen molar-refractivity contribution in [3.63, 3.8) is 0 Å². The summed E-state index contributed by atoms with van der Waals surface area (Å²) < 4.78 is 0. The smallest absolute Gasteiger partial charge is 0.236 e. The zero-order valence-corrected chi connectivity index (χ0v) is 13.8. The molecule has 0 spiro atoms. The highest BCUT2D eigenvalue weighted by atomic mass is 16.2. The molecule has 0 saturated carbocycles. The maximum atomic E-state index is 12.5. The number of hydrogen-bond acceptors (Lipinski definition) is 3. The first-order chi connectivity index (χ1) is 9.42. The van der Waals surface area contributed by atoms with Crippen molar-refractivity contribution in [2.24, 2.45) is 23.5 Å². The molecule has 0 unspecified atom stereocenters. The molecule has 1 saturated heterocycles. The summed E-state index contributed by atoms with van der Waals surface area (Å²) in [6.45, 7) is 13.8. The SMILES string of the molecule is CC(C)CN(CC(C)C)C(=O)CN1CCC(CN)CC1. The van der Waals surface area contributed by atoms with E-state index in [1.165, 1.54) is 0 Å². The van der Waals surface area contributed by atoms with Gasteiger partial charge >= 0.3 is 0 Å². The number of likely N-dealkylation sites (tertiary alicyclic amines) is 1. The summed E-state index contributed by atoms with van der Waals surface area (Å²) in [6, 6.07) is 0. The van der Waals surface area contributed by atoms with Crippen LogP contribution in [-0.4, -0.2) is 55.0 Å². The van der Waals surface area contributed by atoms with Gasteiger partial charge in [0.1, 0.15) is 0 Å². The molecule has 0 radical (unpaired) electrons. The van der Waals surface area contributed by atoms with E-state index in [0.29, 0.717) is 30.2 Å².